The van der Waals surface area contributed by atoms with E-state index in [0.29, 0.717) is 13.2 Å². The molecule has 0 saturated carbocycles. The molecular weight excluding hydrogens is 513 g/mol. The summed E-state index contributed by atoms with van der Waals surface area (Å²) in [4.78, 5) is 11.8. The fourth-order valence-electron chi connectivity index (χ4n) is 3.46. The molecule has 0 amide bonds. The summed E-state index contributed by atoms with van der Waals surface area (Å²) in [5.74, 6) is 2.38. The van der Waals surface area contributed by atoms with Gasteiger partial charge in [-0.3, -0.25) is 0 Å². The SMILES string of the molecule is CCNC(=NCC1COc2ccccc2O1)NCCc1csc(N2CCCC2)n1.I. The molecule has 0 spiro atoms. The van der Waals surface area contributed by atoms with Crippen molar-refractivity contribution in [3.8, 4) is 11.5 Å². The number of hydrogen-bond donors (Lipinski definition) is 2. The van der Waals surface area contributed by atoms with Crippen molar-refractivity contribution in [3.63, 3.8) is 0 Å². The van der Waals surface area contributed by atoms with Crippen LogP contribution in [0.1, 0.15) is 25.5 Å². The quantitative estimate of drug-likeness (QED) is 0.318. The van der Waals surface area contributed by atoms with Gasteiger partial charge < -0.3 is 25.0 Å². The Balaban J connectivity index is 0.00000256. The van der Waals surface area contributed by atoms with E-state index < -0.39 is 0 Å². The van der Waals surface area contributed by atoms with Crippen LogP contribution in [-0.4, -0.2) is 56.4 Å². The van der Waals surface area contributed by atoms with E-state index in [4.69, 9.17) is 14.5 Å². The van der Waals surface area contributed by atoms with Crippen LogP contribution in [0.4, 0.5) is 5.13 Å². The lowest BCUT2D eigenvalue weighted by atomic mass is 10.2. The first-order valence-corrected chi connectivity index (χ1v) is 11.3. The number of para-hydroxylation sites is 2. The lowest BCUT2D eigenvalue weighted by Crippen LogP contribution is -2.40. The van der Waals surface area contributed by atoms with Crippen LogP contribution in [0.25, 0.3) is 0 Å². The predicted molar refractivity (Wildman–Crippen MR) is 133 cm³/mol. The largest absolute Gasteiger partial charge is 0.486 e. The molecule has 30 heavy (non-hydrogen) atoms. The number of fused-ring (bicyclic) bond motifs is 1. The number of guanidine groups is 1. The Morgan fingerprint density at radius 2 is 2.03 bits per heavy atom. The van der Waals surface area contributed by atoms with Crippen molar-refractivity contribution in [2.24, 2.45) is 4.99 Å². The van der Waals surface area contributed by atoms with Gasteiger partial charge in [0.15, 0.2) is 28.7 Å². The Morgan fingerprint density at radius 3 is 2.83 bits per heavy atom. The topological polar surface area (TPSA) is 71.0 Å². The molecule has 4 rings (SSSR count). The normalized spacial score (nSPS) is 18.1. The maximum absolute atomic E-state index is 5.98. The summed E-state index contributed by atoms with van der Waals surface area (Å²) < 4.78 is 11.8. The lowest BCUT2D eigenvalue weighted by Gasteiger charge is -2.25. The number of ether oxygens (including phenoxy) is 2. The Morgan fingerprint density at radius 1 is 1.23 bits per heavy atom. The maximum Gasteiger partial charge on any atom is 0.191 e. The van der Waals surface area contributed by atoms with Crippen molar-refractivity contribution in [2.75, 3.05) is 44.2 Å². The van der Waals surface area contributed by atoms with Gasteiger partial charge in [0.05, 0.1) is 12.2 Å². The van der Waals surface area contributed by atoms with E-state index >= 15 is 0 Å². The Bertz CT molecular complexity index is 825. The van der Waals surface area contributed by atoms with Gasteiger partial charge in [-0.25, -0.2) is 9.98 Å². The van der Waals surface area contributed by atoms with E-state index in [1.807, 2.05) is 24.3 Å². The zero-order valence-electron chi connectivity index (χ0n) is 17.3. The molecule has 1 aromatic carbocycles. The molecule has 2 aliphatic rings. The fourth-order valence-corrected chi connectivity index (χ4v) is 4.38. The second-order valence-electron chi connectivity index (χ2n) is 7.21. The van der Waals surface area contributed by atoms with E-state index in [9.17, 15) is 0 Å². The number of nitrogens with zero attached hydrogens (tertiary/aromatic N) is 3. The van der Waals surface area contributed by atoms with Crippen molar-refractivity contribution < 1.29 is 9.47 Å². The molecule has 1 fully saturated rings. The fraction of sp³-hybridized carbons (Fsp3) is 0.524. The van der Waals surface area contributed by atoms with Crippen LogP contribution < -0.4 is 25.0 Å². The van der Waals surface area contributed by atoms with Gasteiger partial charge in [0.1, 0.15) is 6.61 Å². The molecule has 1 atom stereocenters. The Labute approximate surface area is 199 Å². The molecule has 1 saturated heterocycles. The molecule has 9 heteroatoms. The number of aromatic nitrogens is 1. The smallest absolute Gasteiger partial charge is 0.191 e. The van der Waals surface area contributed by atoms with Crippen LogP contribution in [0, 0.1) is 0 Å². The number of benzene rings is 1. The number of aliphatic imine (C=N–C) groups is 1. The number of hydrogen-bond acceptors (Lipinski definition) is 6. The van der Waals surface area contributed by atoms with Gasteiger partial charge in [-0.2, -0.15) is 0 Å². The van der Waals surface area contributed by atoms with Crippen molar-refractivity contribution in [3.05, 3.63) is 35.3 Å². The van der Waals surface area contributed by atoms with Crippen LogP contribution in [0.3, 0.4) is 0 Å². The van der Waals surface area contributed by atoms with E-state index in [1.54, 1.807) is 11.3 Å². The highest BCUT2D eigenvalue weighted by Gasteiger charge is 2.20. The average molecular weight is 543 g/mol. The molecular formula is C21H30IN5O2S. The van der Waals surface area contributed by atoms with Crippen LogP contribution in [0.2, 0.25) is 0 Å². The number of rotatable bonds is 7. The zero-order valence-corrected chi connectivity index (χ0v) is 20.4. The summed E-state index contributed by atoms with van der Waals surface area (Å²) in [5.41, 5.74) is 1.14. The summed E-state index contributed by atoms with van der Waals surface area (Å²) in [5, 5.41) is 10.0. The predicted octanol–water partition coefficient (Wildman–Crippen LogP) is 3.30. The summed E-state index contributed by atoms with van der Waals surface area (Å²) in [7, 11) is 0. The Hall–Kier alpha value is -1.75. The van der Waals surface area contributed by atoms with Gasteiger partial charge >= 0.3 is 0 Å². The minimum Gasteiger partial charge on any atom is -0.486 e. The summed E-state index contributed by atoms with van der Waals surface area (Å²) in [6.07, 6.45) is 3.35. The molecule has 0 bridgehead atoms. The Kier molecular flexibility index (Phi) is 8.86. The second kappa shape index (κ2) is 11.6. The molecule has 164 valence electrons. The van der Waals surface area contributed by atoms with Crippen LogP contribution in [0.15, 0.2) is 34.6 Å². The number of thiazole rings is 1. The van der Waals surface area contributed by atoms with Crippen LogP contribution in [0.5, 0.6) is 11.5 Å². The number of anilines is 1. The van der Waals surface area contributed by atoms with Gasteiger partial charge in [0.2, 0.25) is 0 Å². The molecule has 2 aromatic rings. The van der Waals surface area contributed by atoms with Gasteiger partial charge in [-0.05, 0) is 31.9 Å². The summed E-state index contributed by atoms with van der Waals surface area (Å²) in [6.45, 7) is 7.00. The third-order valence-corrected chi connectivity index (χ3v) is 5.90. The van der Waals surface area contributed by atoms with Gasteiger partial charge in [-0.15, -0.1) is 35.3 Å². The number of nitrogens with one attached hydrogen (secondary N) is 2. The molecule has 2 aliphatic heterocycles. The molecule has 2 N–H and O–H groups in total. The summed E-state index contributed by atoms with van der Waals surface area (Å²) in [6, 6.07) is 7.75. The van der Waals surface area contributed by atoms with E-state index in [-0.39, 0.29) is 30.1 Å². The first kappa shape index (κ1) is 22.9. The van der Waals surface area contributed by atoms with E-state index in [1.165, 1.54) is 12.8 Å². The second-order valence-corrected chi connectivity index (χ2v) is 8.05. The maximum atomic E-state index is 5.98. The molecule has 7 nitrogen and oxygen atoms in total. The lowest BCUT2D eigenvalue weighted by molar-refractivity contribution is 0.0971. The van der Waals surface area contributed by atoms with E-state index in [2.05, 4.69) is 32.8 Å². The van der Waals surface area contributed by atoms with E-state index in [0.717, 1.165) is 60.9 Å². The first-order chi connectivity index (χ1) is 14.3. The van der Waals surface area contributed by atoms with Gasteiger partial charge in [-0.1, -0.05) is 12.1 Å². The highest BCUT2D eigenvalue weighted by Crippen LogP contribution is 2.30. The highest BCUT2D eigenvalue weighted by atomic mass is 127. The summed E-state index contributed by atoms with van der Waals surface area (Å²) >= 11 is 1.75. The zero-order chi connectivity index (χ0) is 19.9. The van der Waals surface area contributed by atoms with Crippen LogP contribution in [-0.2, 0) is 6.42 Å². The van der Waals surface area contributed by atoms with Crippen molar-refractivity contribution in [1.82, 2.24) is 15.6 Å². The highest BCUT2D eigenvalue weighted by molar-refractivity contribution is 14.0. The van der Waals surface area contributed by atoms with Crippen LogP contribution >= 0.6 is 35.3 Å². The molecule has 0 radical (unpaired) electrons. The standard InChI is InChI=1S/C21H29N5O2S.HI/c1-2-22-20(24-13-17-14-27-18-7-3-4-8-19(18)28-17)23-10-9-16-15-29-21(25-16)26-11-5-6-12-26;/h3-4,7-8,15,17H,2,5-6,9-14H2,1H3,(H2,22,23,24);1H. The molecule has 3 heterocycles. The van der Waals surface area contributed by atoms with Crippen molar-refractivity contribution in [2.45, 2.75) is 32.3 Å². The third-order valence-electron chi connectivity index (χ3n) is 4.95. The minimum absolute atomic E-state index is 0. The third kappa shape index (κ3) is 6.13. The molecule has 0 aliphatic carbocycles. The minimum atomic E-state index is -0.0816. The number of halogens is 1. The molecule has 1 unspecified atom stereocenters. The molecule has 1 aromatic heterocycles. The monoisotopic (exact) mass is 543 g/mol. The first-order valence-electron chi connectivity index (χ1n) is 10.4. The van der Waals surface area contributed by atoms with Crippen molar-refractivity contribution in [1.29, 1.82) is 0 Å². The van der Waals surface area contributed by atoms with Crippen molar-refractivity contribution >= 4 is 46.4 Å². The van der Waals surface area contributed by atoms with Gasteiger partial charge in [0.25, 0.3) is 0 Å². The average Bonchev–Trinajstić information content (AvgIpc) is 3.44. The van der Waals surface area contributed by atoms with Gasteiger partial charge in [0, 0.05) is 38.0 Å².